The lowest BCUT2D eigenvalue weighted by atomic mass is 9.91. The number of nitrogens with one attached hydrogen (secondary N) is 3. The molecular weight excluding hydrogens is 531 g/mol. The van der Waals surface area contributed by atoms with Crippen molar-refractivity contribution in [1.29, 1.82) is 0 Å². The van der Waals surface area contributed by atoms with E-state index < -0.39 is 11.7 Å². The van der Waals surface area contributed by atoms with E-state index in [1.54, 1.807) is 31.3 Å². The van der Waals surface area contributed by atoms with Gasteiger partial charge in [0.1, 0.15) is 5.82 Å². The highest BCUT2D eigenvalue weighted by Crippen LogP contribution is 2.35. The van der Waals surface area contributed by atoms with E-state index >= 15 is 0 Å². The van der Waals surface area contributed by atoms with Crippen molar-refractivity contribution in [3.05, 3.63) is 48.2 Å². The van der Waals surface area contributed by atoms with E-state index in [2.05, 4.69) is 25.5 Å². The molecule has 5 N–H and O–H groups in total. The molecule has 2 fully saturated rings. The Bertz CT molecular complexity index is 1290. The maximum atomic E-state index is 13.7. The van der Waals surface area contributed by atoms with Gasteiger partial charge in [0.15, 0.2) is 5.82 Å². The fourth-order valence-corrected chi connectivity index (χ4v) is 4.71. The molecule has 220 valence electrons. The zero-order valence-corrected chi connectivity index (χ0v) is 23.2. The minimum atomic E-state index is -0.851. The molecular formula is C28H37FN8O4. The summed E-state index contributed by atoms with van der Waals surface area (Å²) in [6.45, 7) is 7.96. The predicted molar refractivity (Wildman–Crippen MR) is 150 cm³/mol. The maximum absolute atomic E-state index is 13.7. The second-order valence-corrected chi connectivity index (χ2v) is 10.4. The number of morpholine rings is 1. The van der Waals surface area contributed by atoms with Gasteiger partial charge in [0.25, 0.3) is 0 Å². The lowest BCUT2D eigenvalue weighted by molar-refractivity contribution is -0.231. The number of amides is 1. The van der Waals surface area contributed by atoms with Crippen molar-refractivity contribution in [2.24, 2.45) is 11.1 Å². The number of aromatic amines is 1. The zero-order valence-electron chi connectivity index (χ0n) is 23.2. The molecule has 0 saturated carbocycles. The van der Waals surface area contributed by atoms with Gasteiger partial charge in [-0.25, -0.2) is 19.3 Å². The number of H-pyrrole nitrogens is 1. The Kier molecular flexibility index (Phi) is 9.52. The lowest BCUT2D eigenvalue weighted by Gasteiger charge is -2.35. The van der Waals surface area contributed by atoms with Gasteiger partial charge in [0.05, 0.1) is 48.9 Å². The number of nitrogens with two attached hydrogens (primary N) is 1. The number of benzene rings is 1. The van der Waals surface area contributed by atoms with Crippen molar-refractivity contribution < 1.29 is 23.4 Å². The first-order valence-electron chi connectivity index (χ1n) is 13.9. The van der Waals surface area contributed by atoms with Gasteiger partial charge in [-0.15, -0.1) is 0 Å². The van der Waals surface area contributed by atoms with Crippen molar-refractivity contribution in [3.8, 4) is 22.6 Å². The highest BCUT2D eigenvalue weighted by Gasteiger charge is 2.40. The number of aromatic nitrogens is 4. The summed E-state index contributed by atoms with van der Waals surface area (Å²) in [5.41, 5.74) is 7.15. The Morgan fingerprint density at radius 1 is 1.15 bits per heavy atom. The molecule has 0 spiro atoms. The predicted octanol–water partition coefficient (Wildman–Crippen LogP) is 1.93. The van der Waals surface area contributed by atoms with Gasteiger partial charge >= 0.3 is 0 Å². The van der Waals surface area contributed by atoms with Crippen LogP contribution in [-0.2, 0) is 19.0 Å². The molecule has 2 aliphatic rings. The van der Waals surface area contributed by atoms with Gasteiger partial charge in [-0.1, -0.05) is 0 Å². The highest BCUT2D eigenvalue weighted by molar-refractivity contribution is 5.82. The fourth-order valence-electron chi connectivity index (χ4n) is 4.71. The third-order valence-electron chi connectivity index (χ3n) is 7.10. The largest absolute Gasteiger partial charge is 0.379 e. The van der Waals surface area contributed by atoms with Crippen LogP contribution in [0, 0.1) is 11.2 Å². The number of hydrogen-bond acceptors (Lipinski definition) is 10. The van der Waals surface area contributed by atoms with Crippen LogP contribution >= 0.6 is 0 Å². The van der Waals surface area contributed by atoms with Crippen molar-refractivity contribution in [2.75, 3.05) is 71.0 Å². The number of anilines is 1. The van der Waals surface area contributed by atoms with Crippen LogP contribution in [0.15, 0.2) is 36.5 Å². The van der Waals surface area contributed by atoms with Crippen LogP contribution in [0.2, 0.25) is 0 Å². The van der Waals surface area contributed by atoms with Crippen LogP contribution in [0.3, 0.4) is 0 Å². The first-order valence-corrected chi connectivity index (χ1v) is 13.9. The summed E-state index contributed by atoms with van der Waals surface area (Å²) in [6.07, 6.45) is 1.81. The van der Waals surface area contributed by atoms with Gasteiger partial charge in [-0.2, -0.15) is 0 Å². The molecule has 13 heteroatoms. The molecule has 41 heavy (non-hydrogen) atoms. The topological polar surface area (TPSA) is 153 Å². The molecule has 0 unspecified atom stereocenters. The van der Waals surface area contributed by atoms with E-state index in [0.29, 0.717) is 47.5 Å². The summed E-state index contributed by atoms with van der Waals surface area (Å²) < 4.78 is 31.0. The second kappa shape index (κ2) is 13.4. The van der Waals surface area contributed by atoms with Crippen LogP contribution in [0.1, 0.15) is 25.5 Å². The number of nitrogens with zero attached hydrogens (tertiary/aromatic N) is 4. The Morgan fingerprint density at radius 2 is 1.90 bits per heavy atom. The molecule has 0 atom stereocenters. The average Bonchev–Trinajstić information content (AvgIpc) is 3.45. The summed E-state index contributed by atoms with van der Waals surface area (Å²) >= 11 is 0. The molecule has 2 saturated heterocycles. The van der Waals surface area contributed by atoms with Crippen molar-refractivity contribution in [1.82, 2.24) is 30.2 Å². The molecule has 5 rings (SSSR count). The van der Waals surface area contributed by atoms with E-state index in [-0.39, 0.29) is 24.9 Å². The van der Waals surface area contributed by atoms with Crippen LogP contribution in [0.25, 0.3) is 22.6 Å². The van der Waals surface area contributed by atoms with Crippen LogP contribution in [0.4, 0.5) is 10.3 Å². The lowest BCUT2D eigenvalue weighted by Crippen LogP contribution is -2.49. The highest BCUT2D eigenvalue weighted by atomic mass is 19.1. The molecule has 0 bridgehead atoms. The molecule has 1 amide bonds. The van der Waals surface area contributed by atoms with Crippen LogP contribution in [0.5, 0.6) is 0 Å². The zero-order chi connectivity index (χ0) is 28.7. The van der Waals surface area contributed by atoms with E-state index in [1.807, 2.05) is 0 Å². The van der Waals surface area contributed by atoms with Gasteiger partial charge < -0.3 is 35.6 Å². The SMILES string of the molecule is CC1(C(=O)NCCN)COC(c2nc(-c3ccc(F)cc3)c(-c3ccnc(NCCCN4CCOCC4)n3)[nH]2)OC1. The number of halogens is 1. The van der Waals surface area contributed by atoms with Gasteiger partial charge in [-0.05, 0) is 50.2 Å². The minimum Gasteiger partial charge on any atom is -0.379 e. The summed E-state index contributed by atoms with van der Waals surface area (Å²) in [5, 5.41) is 6.10. The van der Waals surface area contributed by atoms with Gasteiger partial charge in [0, 0.05) is 44.5 Å². The van der Waals surface area contributed by atoms with Crippen LogP contribution < -0.4 is 16.4 Å². The third-order valence-corrected chi connectivity index (χ3v) is 7.10. The minimum absolute atomic E-state index is 0.141. The molecule has 0 aliphatic carbocycles. The van der Waals surface area contributed by atoms with E-state index in [0.717, 1.165) is 45.8 Å². The molecule has 2 aromatic heterocycles. The number of hydrogen-bond donors (Lipinski definition) is 4. The normalized spacial score (nSPS) is 21.5. The molecule has 3 aromatic rings. The molecule has 2 aliphatic heterocycles. The number of imidazole rings is 1. The Morgan fingerprint density at radius 3 is 2.63 bits per heavy atom. The van der Waals surface area contributed by atoms with Gasteiger partial charge in [-0.3, -0.25) is 9.69 Å². The molecule has 1 aromatic carbocycles. The number of ether oxygens (including phenoxy) is 3. The number of rotatable bonds is 11. The maximum Gasteiger partial charge on any atom is 0.230 e. The molecule has 12 nitrogen and oxygen atoms in total. The smallest absolute Gasteiger partial charge is 0.230 e. The number of carbonyl (C=O) groups excluding carboxylic acids is 1. The summed E-state index contributed by atoms with van der Waals surface area (Å²) in [4.78, 5) is 32.1. The summed E-state index contributed by atoms with van der Waals surface area (Å²) in [6, 6.07) is 7.87. The van der Waals surface area contributed by atoms with E-state index in [4.69, 9.17) is 29.9 Å². The average molecular weight is 569 g/mol. The van der Waals surface area contributed by atoms with E-state index in [9.17, 15) is 9.18 Å². The van der Waals surface area contributed by atoms with Crippen LogP contribution in [-0.4, -0.2) is 96.4 Å². The van der Waals surface area contributed by atoms with Crippen molar-refractivity contribution in [2.45, 2.75) is 19.6 Å². The molecule has 0 radical (unpaired) electrons. The Balaban J connectivity index is 1.32. The van der Waals surface area contributed by atoms with Crippen molar-refractivity contribution in [3.63, 3.8) is 0 Å². The molecule has 4 heterocycles. The summed E-state index contributed by atoms with van der Waals surface area (Å²) in [7, 11) is 0. The Hall–Kier alpha value is -3.49. The fraction of sp³-hybridized carbons (Fsp3) is 0.500. The summed E-state index contributed by atoms with van der Waals surface area (Å²) in [5.74, 6) is 0.389. The quantitative estimate of drug-likeness (QED) is 0.253. The first-order chi connectivity index (χ1) is 19.9. The first kappa shape index (κ1) is 29.0. The third kappa shape index (κ3) is 7.24. The van der Waals surface area contributed by atoms with Gasteiger partial charge in [0.2, 0.25) is 18.1 Å². The van der Waals surface area contributed by atoms with Crippen molar-refractivity contribution >= 4 is 11.9 Å². The Labute approximate surface area is 238 Å². The number of carbonyl (C=O) groups is 1. The monoisotopic (exact) mass is 568 g/mol. The standard InChI is InChI=1S/C28H37FN8O4/c1-28(26(38)31-11-8-30)17-40-25(41-18-28)24-35-22(19-3-5-20(29)6-4-19)23(36-24)21-7-10-33-27(34-21)32-9-2-12-37-13-15-39-16-14-37/h3-7,10,25H,2,8-9,11-18,30H2,1H3,(H,31,38)(H,35,36)(H,32,33,34). The second-order valence-electron chi connectivity index (χ2n) is 10.4. The van der Waals surface area contributed by atoms with E-state index in [1.165, 1.54) is 12.1 Å².